The monoisotopic (exact) mass is 309 g/mol. The number of phenols is 1. The number of ketones is 1. The fraction of sp³-hybridized carbons (Fsp3) is 0.211. The van der Waals surface area contributed by atoms with Crippen molar-refractivity contribution < 1.29 is 14.3 Å². The Morgan fingerprint density at radius 2 is 1.87 bits per heavy atom. The number of carbonyl (C=O) groups excluding carboxylic acids is 1. The molecule has 0 aliphatic rings. The second kappa shape index (κ2) is 5.47. The van der Waals surface area contributed by atoms with Gasteiger partial charge in [-0.2, -0.15) is 0 Å². The molecule has 0 fully saturated rings. The van der Waals surface area contributed by atoms with E-state index >= 15 is 0 Å². The molecule has 0 unspecified atom stereocenters. The largest absolute Gasteiger partial charge is 0.507 e. The third-order valence-corrected chi connectivity index (χ3v) is 3.50. The molecule has 0 saturated carbocycles. The molecular weight excluding hydrogens is 290 g/mol. The third-order valence-electron chi connectivity index (χ3n) is 3.50. The van der Waals surface area contributed by atoms with Crippen LogP contribution in [-0.2, 0) is 0 Å². The Bertz CT molecular complexity index is 858. The molecular formula is C19H19NO3. The Morgan fingerprint density at radius 1 is 1.13 bits per heavy atom. The highest BCUT2D eigenvalue weighted by Gasteiger charge is 2.25. The SMILES string of the molecule is CC(C)(C)Nc1c(C(=O)c2ccco2)c(O)cc2ccccc12. The molecule has 0 spiro atoms. The Hall–Kier alpha value is -2.75. The van der Waals surface area contributed by atoms with Crippen LogP contribution in [-0.4, -0.2) is 16.4 Å². The minimum Gasteiger partial charge on any atom is -0.507 e. The number of carbonyl (C=O) groups is 1. The quantitative estimate of drug-likeness (QED) is 0.695. The molecule has 4 heteroatoms. The maximum Gasteiger partial charge on any atom is 0.233 e. The van der Waals surface area contributed by atoms with Crippen molar-refractivity contribution in [3.05, 3.63) is 60.1 Å². The summed E-state index contributed by atoms with van der Waals surface area (Å²) in [6, 6.07) is 12.5. The summed E-state index contributed by atoms with van der Waals surface area (Å²) < 4.78 is 5.21. The number of hydrogen-bond donors (Lipinski definition) is 2. The Morgan fingerprint density at radius 3 is 2.52 bits per heavy atom. The van der Waals surface area contributed by atoms with Gasteiger partial charge < -0.3 is 14.8 Å². The van der Waals surface area contributed by atoms with Gasteiger partial charge in [-0.15, -0.1) is 0 Å². The molecule has 23 heavy (non-hydrogen) atoms. The van der Waals surface area contributed by atoms with E-state index in [-0.39, 0.29) is 28.4 Å². The van der Waals surface area contributed by atoms with Crippen LogP contribution in [0.15, 0.2) is 53.1 Å². The zero-order valence-electron chi connectivity index (χ0n) is 13.4. The highest BCUT2D eigenvalue weighted by molar-refractivity contribution is 6.17. The Kier molecular flexibility index (Phi) is 3.60. The molecule has 0 radical (unpaired) electrons. The number of fused-ring (bicyclic) bond motifs is 1. The van der Waals surface area contributed by atoms with Gasteiger partial charge in [0.2, 0.25) is 5.78 Å². The van der Waals surface area contributed by atoms with Crippen LogP contribution in [0.4, 0.5) is 5.69 Å². The number of benzene rings is 2. The highest BCUT2D eigenvalue weighted by atomic mass is 16.3. The van der Waals surface area contributed by atoms with Gasteiger partial charge in [0.25, 0.3) is 0 Å². The van der Waals surface area contributed by atoms with Gasteiger partial charge in [0.1, 0.15) is 5.75 Å². The van der Waals surface area contributed by atoms with E-state index in [9.17, 15) is 9.90 Å². The normalized spacial score (nSPS) is 11.6. The van der Waals surface area contributed by atoms with E-state index in [1.54, 1.807) is 18.2 Å². The molecule has 0 aliphatic carbocycles. The summed E-state index contributed by atoms with van der Waals surface area (Å²) >= 11 is 0. The first-order valence-corrected chi connectivity index (χ1v) is 7.48. The number of aromatic hydroxyl groups is 1. The lowest BCUT2D eigenvalue weighted by atomic mass is 9.96. The van der Waals surface area contributed by atoms with Crippen LogP contribution in [0.25, 0.3) is 10.8 Å². The van der Waals surface area contributed by atoms with Crippen molar-refractivity contribution >= 4 is 22.2 Å². The van der Waals surface area contributed by atoms with E-state index in [0.29, 0.717) is 5.69 Å². The van der Waals surface area contributed by atoms with Crippen LogP contribution in [0.3, 0.4) is 0 Å². The predicted octanol–water partition coefficient (Wildman–Crippen LogP) is 4.58. The number of furan rings is 1. The minimum absolute atomic E-state index is 0.0585. The summed E-state index contributed by atoms with van der Waals surface area (Å²) in [6.45, 7) is 6.02. The highest BCUT2D eigenvalue weighted by Crippen LogP contribution is 2.37. The van der Waals surface area contributed by atoms with Crippen molar-refractivity contribution in [3.8, 4) is 5.75 Å². The molecule has 2 N–H and O–H groups in total. The predicted molar refractivity (Wildman–Crippen MR) is 91.1 cm³/mol. The molecule has 0 bridgehead atoms. The van der Waals surface area contributed by atoms with Gasteiger partial charge in [-0.25, -0.2) is 0 Å². The second-order valence-corrected chi connectivity index (χ2v) is 6.55. The van der Waals surface area contributed by atoms with Crippen molar-refractivity contribution in [1.82, 2.24) is 0 Å². The molecule has 0 atom stereocenters. The molecule has 3 aromatic rings. The van der Waals surface area contributed by atoms with E-state index in [4.69, 9.17) is 4.42 Å². The van der Waals surface area contributed by atoms with Crippen molar-refractivity contribution in [1.29, 1.82) is 0 Å². The Balaban J connectivity index is 2.29. The molecule has 0 amide bonds. The first-order valence-electron chi connectivity index (χ1n) is 7.48. The fourth-order valence-corrected chi connectivity index (χ4v) is 2.60. The molecule has 4 nitrogen and oxygen atoms in total. The van der Waals surface area contributed by atoms with Crippen molar-refractivity contribution in [2.75, 3.05) is 5.32 Å². The summed E-state index contributed by atoms with van der Waals surface area (Å²) in [4.78, 5) is 12.8. The first kappa shape index (κ1) is 15.2. The van der Waals surface area contributed by atoms with Crippen molar-refractivity contribution in [2.45, 2.75) is 26.3 Å². The number of anilines is 1. The molecule has 3 rings (SSSR count). The zero-order chi connectivity index (χ0) is 16.6. The van der Waals surface area contributed by atoms with E-state index in [2.05, 4.69) is 5.32 Å². The van der Waals surface area contributed by atoms with Crippen LogP contribution in [0.5, 0.6) is 5.75 Å². The zero-order valence-corrected chi connectivity index (χ0v) is 13.4. The molecule has 0 aliphatic heterocycles. The van der Waals surface area contributed by atoms with Crippen LogP contribution < -0.4 is 5.32 Å². The van der Waals surface area contributed by atoms with Crippen LogP contribution in [0, 0.1) is 0 Å². The molecule has 1 heterocycles. The smallest absolute Gasteiger partial charge is 0.233 e. The van der Waals surface area contributed by atoms with Gasteiger partial charge in [0.15, 0.2) is 5.76 Å². The lowest BCUT2D eigenvalue weighted by Gasteiger charge is -2.25. The molecule has 0 saturated heterocycles. The van der Waals surface area contributed by atoms with Gasteiger partial charge in [0, 0.05) is 10.9 Å². The van der Waals surface area contributed by atoms with E-state index in [1.165, 1.54) is 6.26 Å². The fourth-order valence-electron chi connectivity index (χ4n) is 2.60. The van der Waals surface area contributed by atoms with Gasteiger partial charge in [-0.3, -0.25) is 4.79 Å². The lowest BCUT2D eigenvalue weighted by molar-refractivity contribution is 0.101. The van der Waals surface area contributed by atoms with E-state index in [0.717, 1.165) is 10.8 Å². The first-order chi connectivity index (χ1) is 10.9. The van der Waals surface area contributed by atoms with E-state index < -0.39 is 0 Å². The van der Waals surface area contributed by atoms with Crippen molar-refractivity contribution in [3.63, 3.8) is 0 Å². The van der Waals surface area contributed by atoms with Gasteiger partial charge >= 0.3 is 0 Å². The van der Waals surface area contributed by atoms with Gasteiger partial charge in [-0.1, -0.05) is 24.3 Å². The number of rotatable bonds is 3. The average molecular weight is 309 g/mol. The number of nitrogens with one attached hydrogen (secondary N) is 1. The summed E-state index contributed by atoms with van der Waals surface area (Å²) in [5.41, 5.74) is 0.581. The summed E-state index contributed by atoms with van der Waals surface area (Å²) in [5.74, 6) is -0.200. The minimum atomic E-state index is -0.343. The Labute approximate surface area is 134 Å². The van der Waals surface area contributed by atoms with Crippen LogP contribution in [0.1, 0.15) is 36.9 Å². The van der Waals surface area contributed by atoms with Crippen LogP contribution >= 0.6 is 0 Å². The topological polar surface area (TPSA) is 62.5 Å². The van der Waals surface area contributed by atoms with Crippen LogP contribution in [0.2, 0.25) is 0 Å². The maximum absolute atomic E-state index is 12.8. The standard InChI is InChI=1S/C19H19NO3/c1-19(2,3)20-17-13-8-5-4-7-12(13)11-14(21)16(17)18(22)15-9-6-10-23-15/h4-11,20-21H,1-3H3. The lowest BCUT2D eigenvalue weighted by Crippen LogP contribution is -2.27. The van der Waals surface area contributed by atoms with Gasteiger partial charge in [-0.05, 0) is 44.4 Å². The van der Waals surface area contributed by atoms with Gasteiger partial charge in [0.05, 0.1) is 17.5 Å². The van der Waals surface area contributed by atoms with E-state index in [1.807, 2.05) is 45.0 Å². The number of phenolic OH excluding ortho intramolecular Hbond substituents is 1. The third kappa shape index (κ3) is 2.93. The molecule has 1 aromatic heterocycles. The molecule has 118 valence electrons. The summed E-state index contributed by atoms with van der Waals surface area (Å²) in [7, 11) is 0. The van der Waals surface area contributed by atoms with Crippen molar-refractivity contribution in [2.24, 2.45) is 0 Å². The number of hydrogen-bond acceptors (Lipinski definition) is 4. The maximum atomic E-state index is 12.8. The molecule has 2 aromatic carbocycles. The second-order valence-electron chi connectivity index (χ2n) is 6.55. The average Bonchev–Trinajstić information content (AvgIpc) is 2.99. The summed E-state index contributed by atoms with van der Waals surface area (Å²) in [6.07, 6.45) is 1.45. The summed E-state index contributed by atoms with van der Waals surface area (Å²) in [5, 5.41) is 15.6.